The molecular formula is C19H21F3N2O. The molecule has 2 N–H and O–H groups in total. The van der Waals surface area contributed by atoms with Crippen LogP contribution in [-0.4, -0.2) is 12.5 Å². The number of carbonyl (C=O) groups is 1. The summed E-state index contributed by atoms with van der Waals surface area (Å²) in [7, 11) is 0. The molecule has 0 aliphatic carbocycles. The van der Waals surface area contributed by atoms with Crippen LogP contribution in [0.1, 0.15) is 31.9 Å². The molecule has 2 aromatic rings. The summed E-state index contributed by atoms with van der Waals surface area (Å²) in [6.45, 7) is 6.02. The minimum atomic E-state index is -4.52. The van der Waals surface area contributed by atoms with Crippen LogP contribution in [-0.2, 0) is 16.4 Å². The van der Waals surface area contributed by atoms with Gasteiger partial charge >= 0.3 is 6.18 Å². The summed E-state index contributed by atoms with van der Waals surface area (Å²) in [5.74, 6) is -0.541. The number of hydrogen-bond acceptors (Lipinski definition) is 2. The minimum Gasteiger partial charge on any atom is -0.376 e. The zero-order valence-electron chi connectivity index (χ0n) is 14.4. The van der Waals surface area contributed by atoms with Crippen molar-refractivity contribution >= 4 is 17.3 Å². The molecule has 0 heterocycles. The van der Waals surface area contributed by atoms with Crippen molar-refractivity contribution in [2.24, 2.45) is 0 Å². The molecular weight excluding hydrogens is 329 g/mol. The van der Waals surface area contributed by atoms with Crippen LogP contribution in [0.25, 0.3) is 0 Å². The summed E-state index contributed by atoms with van der Waals surface area (Å²) >= 11 is 0. The third-order valence-corrected chi connectivity index (χ3v) is 3.68. The molecule has 0 unspecified atom stereocenters. The predicted octanol–water partition coefficient (Wildman–Crippen LogP) is 5.05. The molecule has 0 aliphatic heterocycles. The number of para-hydroxylation sites is 2. The first-order valence-electron chi connectivity index (χ1n) is 7.88. The Hall–Kier alpha value is -2.50. The number of benzene rings is 2. The van der Waals surface area contributed by atoms with Crippen molar-refractivity contribution in [1.29, 1.82) is 0 Å². The standard InChI is InChI=1S/C19H21F3N2O/c1-18(2,3)13-8-4-6-10-15(13)23-12-17(25)24-16-11-7-5-9-14(16)19(20,21)22/h4-11,23H,12H2,1-3H3,(H,24,25). The molecule has 0 saturated carbocycles. The third kappa shape index (κ3) is 4.98. The van der Waals surface area contributed by atoms with Crippen LogP contribution < -0.4 is 10.6 Å². The lowest BCUT2D eigenvalue weighted by molar-refractivity contribution is -0.137. The van der Waals surface area contributed by atoms with Crippen LogP contribution in [0, 0.1) is 0 Å². The number of anilines is 2. The van der Waals surface area contributed by atoms with Crippen molar-refractivity contribution in [1.82, 2.24) is 0 Å². The highest BCUT2D eigenvalue weighted by Gasteiger charge is 2.33. The van der Waals surface area contributed by atoms with Crippen molar-refractivity contribution in [3.05, 3.63) is 59.7 Å². The first-order chi connectivity index (χ1) is 11.6. The average Bonchev–Trinajstić information content (AvgIpc) is 2.52. The maximum absolute atomic E-state index is 13.0. The molecule has 1 amide bonds. The van der Waals surface area contributed by atoms with Gasteiger partial charge in [0, 0.05) is 5.69 Å². The molecule has 0 saturated heterocycles. The lowest BCUT2D eigenvalue weighted by Gasteiger charge is -2.23. The van der Waals surface area contributed by atoms with Crippen LogP contribution in [0.5, 0.6) is 0 Å². The van der Waals surface area contributed by atoms with E-state index in [4.69, 9.17) is 0 Å². The topological polar surface area (TPSA) is 41.1 Å². The Morgan fingerprint density at radius 2 is 1.40 bits per heavy atom. The van der Waals surface area contributed by atoms with Crippen molar-refractivity contribution in [3.63, 3.8) is 0 Å². The van der Waals surface area contributed by atoms with E-state index in [-0.39, 0.29) is 17.6 Å². The molecule has 3 nitrogen and oxygen atoms in total. The zero-order chi connectivity index (χ0) is 18.7. The van der Waals surface area contributed by atoms with Crippen molar-refractivity contribution in [2.45, 2.75) is 32.4 Å². The maximum Gasteiger partial charge on any atom is 0.418 e. The summed E-state index contributed by atoms with van der Waals surface area (Å²) in [5, 5.41) is 5.33. The lowest BCUT2D eigenvalue weighted by Crippen LogP contribution is -2.25. The molecule has 2 rings (SSSR count). The molecule has 0 spiro atoms. The first-order valence-corrected chi connectivity index (χ1v) is 7.88. The molecule has 0 aliphatic rings. The van der Waals surface area contributed by atoms with Crippen molar-refractivity contribution in [3.8, 4) is 0 Å². The van der Waals surface area contributed by atoms with Crippen LogP contribution in [0.4, 0.5) is 24.5 Å². The average molecular weight is 350 g/mol. The summed E-state index contributed by atoms with van der Waals surface area (Å²) in [5.41, 5.74) is 0.584. The monoisotopic (exact) mass is 350 g/mol. The van der Waals surface area contributed by atoms with E-state index >= 15 is 0 Å². The fraction of sp³-hybridized carbons (Fsp3) is 0.316. The van der Waals surface area contributed by atoms with E-state index in [2.05, 4.69) is 10.6 Å². The maximum atomic E-state index is 13.0. The molecule has 0 radical (unpaired) electrons. The van der Waals surface area contributed by atoms with Crippen LogP contribution >= 0.6 is 0 Å². The molecule has 0 aromatic heterocycles. The Kier molecular flexibility index (Phi) is 5.40. The van der Waals surface area contributed by atoms with Gasteiger partial charge in [-0.2, -0.15) is 13.2 Å². The van der Waals surface area contributed by atoms with Gasteiger partial charge in [0.15, 0.2) is 0 Å². The minimum absolute atomic E-state index is 0.122. The Balaban J connectivity index is 2.09. The second-order valence-corrected chi connectivity index (χ2v) is 6.74. The molecule has 25 heavy (non-hydrogen) atoms. The number of nitrogens with one attached hydrogen (secondary N) is 2. The van der Waals surface area contributed by atoms with Crippen LogP contribution in [0.3, 0.4) is 0 Å². The highest BCUT2D eigenvalue weighted by Crippen LogP contribution is 2.34. The van der Waals surface area contributed by atoms with E-state index < -0.39 is 17.6 Å². The number of rotatable bonds is 4. The molecule has 0 atom stereocenters. The summed E-state index contributed by atoms with van der Waals surface area (Å²) in [6.07, 6.45) is -4.52. The van der Waals surface area contributed by atoms with E-state index in [1.165, 1.54) is 18.2 Å². The van der Waals surface area contributed by atoms with Gasteiger partial charge in [-0.3, -0.25) is 4.79 Å². The first kappa shape index (κ1) is 18.8. The van der Waals surface area contributed by atoms with Crippen molar-refractivity contribution in [2.75, 3.05) is 17.2 Å². The van der Waals surface area contributed by atoms with E-state index in [0.29, 0.717) is 0 Å². The normalized spacial score (nSPS) is 11.9. The van der Waals surface area contributed by atoms with E-state index in [9.17, 15) is 18.0 Å². The second kappa shape index (κ2) is 7.17. The Morgan fingerprint density at radius 3 is 1.96 bits per heavy atom. The lowest BCUT2D eigenvalue weighted by atomic mass is 9.86. The van der Waals surface area contributed by atoms with Gasteiger partial charge in [-0.1, -0.05) is 51.1 Å². The van der Waals surface area contributed by atoms with Gasteiger partial charge in [0.1, 0.15) is 0 Å². The highest BCUT2D eigenvalue weighted by molar-refractivity contribution is 5.94. The summed E-state index contributed by atoms with van der Waals surface area (Å²) in [4.78, 5) is 12.1. The van der Waals surface area contributed by atoms with Gasteiger partial charge < -0.3 is 10.6 Å². The SMILES string of the molecule is CC(C)(C)c1ccccc1NCC(=O)Nc1ccccc1C(F)(F)F. The predicted molar refractivity (Wildman–Crippen MR) is 93.7 cm³/mol. The summed E-state index contributed by atoms with van der Waals surface area (Å²) in [6, 6.07) is 12.5. The van der Waals surface area contributed by atoms with E-state index in [1.54, 1.807) is 0 Å². The molecule has 6 heteroatoms. The van der Waals surface area contributed by atoms with Gasteiger partial charge in [0.25, 0.3) is 0 Å². The van der Waals surface area contributed by atoms with Gasteiger partial charge in [0.05, 0.1) is 17.8 Å². The molecule has 2 aromatic carbocycles. The smallest absolute Gasteiger partial charge is 0.376 e. The quantitative estimate of drug-likeness (QED) is 0.810. The second-order valence-electron chi connectivity index (χ2n) is 6.74. The Morgan fingerprint density at radius 1 is 0.880 bits per heavy atom. The third-order valence-electron chi connectivity index (χ3n) is 3.68. The van der Waals surface area contributed by atoms with Gasteiger partial charge in [-0.15, -0.1) is 0 Å². The fourth-order valence-corrected chi connectivity index (χ4v) is 2.50. The van der Waals surface area contributed by atoms with Gasteiger partial charge in [-0.25, -0.2) is 0 Å². The molecule has 0 fully saturated rings. The number of alkyl halides is 3. The van der Waals surface area contributed by atoms with Gasteiger partial charge in [-0.05, 0) is 29.2 Å². The number of hydrogen-bond donors (Lipinski definition) is 2. The fourth-order valence-electron chi connectivity index (χ4n) is 2.50. The Labute approximate surface area is 145 Å². The number of carbonyl (C=O) groups excluding carboxylic acids is 1. The van der Waals surface area contributed by atoms with Crippen LogP contribution in [0.15, 0.2) is 48.5 Å². The highest BCUT2D eigenvalue weighted by atomic mass is 19.4. The van der Waals surface area contributed by atoms with Gasteiger partial charge in [0.2, 0.25) is 5.91 Å². The summed E-state index contributed by atoms with van der Waals surface area (Å²) < 4.78 is 38.9. The van der Waals surface area contributed by atoms with E-state index in [1.807, 2.05) is 45.0 Å². The number of amides is 1. The molecule has 134 valence electrons. The largest absolute Gasteiger partial charge is 0.418 e. The van der Waals surface area contributed by atoms with E-state index in [0.717, 1.165) is 17.3 Å². The van der Waals surface area contributed by atoms with Crippen molar-refractivity contribution < 1.29 is 18.0 Å². The van der Waals surface area contributed by atoms with Crippen LogP contribution in [0.2, 0.25) is 0 Å². The Bertz CT molecular complexity index is 749. The molecule has 0 bridgehead atoms. The zero-order valence-corrected chi connectivity index (χ0v) is 14.4. The number of halogens is 3.